The monoisotopic (exact) mass is 331 g/mol. The van der Waals surface area contributed by atoms with Gasteiger partial charge in [-0.1, -0.05) is 54.9 Å². The van der Waals surface area contributed by atoms with E-state index in [-0.39, 0.29) is 5.91 Å². The summed E-state index contributed by atoms with van der Waals surface area (Å²) in [6.45, 7) is 3.96. The molecule has 0 fully saturated rings. The lowest BCUT2D eigenvalue weighted by molar-refractivity contribution is -0.885. The van der Waals surface area contributed by atoms with Gasteiger partial charge in [0.05, 0.1) is 7.05 Å². The smallest absolute Gasteiger partial charge is 0.275 e. The van der Waals surface area contributed by atoms with Gasteiger partial charge in [-0.3, -0.25) is 4.79 Å². The topological polar surface area (TPSA) is 33.5 Å². The van der Waals surface area contributed by atoms with Crippen molar-refractivity contribution in [1.82, 2.24) is 5.32 Å². The van der Waals surface area contributed by atoms with Crippen molar-refractivity contribution in [3.63, 3.8) is 0 Å². The van der Waals surface area contributed by atoms with Crippen molar-refractivity contribution in [2.75, 3.05) is 13.6 Å². The summed E-state index contributed by atoms with van der Waals surface area (Å²) in [5.41, 5.74) is 3.60. The lowest BCUT2D eigenvalue weighted by Gasteiger charge is -2.14. The lowest BCUT2D eigenvalue weighted by Crippen LogP contribution is -3.08. The molecule has 2 aromatic rings. The van der Waals surface area contributed by atoms with Gasteiger partial charge in [0, 0.05) is 17.1 Å². The summed E-state index contributed by atoms with van der Waals surface area (Å²) in [6.07, 6.45) is 1.05. The van der Waals surface area contributed by atoms with E-state index < -0.39 is 0 Å². The number of aryl methyl sites for hydroxylation is 1. The molecule has 0 saturated carbocycles. The third kappa shape index (κ3) is 6.05. The molecule has 0 aliphatic rings. The van der Waals surface area contributed by atoms with E-state index in [4.69, 9.17) is 11.6 Å². The van der Waals surface area contributed by atoms with Crippen molar-refractivity contribution in [1.29, 1.82) is 0 Å². The number of rotatable bonds is 7. The number of quaternary nitrogens is 1. The Morgan fingerprint density at radius 2 is 1.78 bits per heavy atom. The van der Waals surface area contributed by atoms with Crippen LogP contribution in [-0.4, -0.2) is 19.5 Å². The van der Waals surface area contributed by atoms with E-state index in [1.54, 1.807) is 0 Å². The number of nitrogens with one attached hydrogen (secondary N) is 2. The molecule has 2 N–H and O–H groups in total. The zero-order chi connectivity index (χ0) is 16.7. The van der Waals surface area contributed by atoms with Crippen LogP contribution in [-0.2, 0) is 24.3 Å². The minimum absolute atomic E-state index is 0.0488. The molecular formula is C19H24ClN2O+. The van der Waals surface area contributed by atoms with Gasteiger partial charge in [-0.15, -0.1) is 0 Å². The maximum Gasteiger partial charge on any atom is 0.275 e. The standard InChI is InChI=1S/C19H23ClN2O/c1-3-15-7-9-16(10-8-15)13-22(2)14-19(23)21-12-17-5-4-6-18(20)11-17/h4-11H,3,12-14H2,1-2H3,(H,21,23)/p+1. The minimum atomic E-state index is 0.0488. The summed E-state index contributed by atoms with van der Waals surface area (Å²) >= 11 is 5.94. The van der Waals surface area contributed by atoms with Crippen LogP contribution in [0, 0.1) is 0 Å². The van der Waals surface area contributed by atoms with E-state index in [1.165, 1.54) is 11.1 Å². The van der Waals surface area contributed by atoms with Crippen LogP contribution < -0.4 is 10.2 Å². The summed E-state index contributed by atoms with van der Waals surface area (Å²) in [5, 5.41) is 3.63. The zero-order valence-electron chi connectivity index (χ0n) is 13.7. The molecular weight excluding hydrogens is 308 g/mol. The van der Waals surface area contributed by atoms with Gasteiger partial charge in [0.15, 0.2) is 6.54 Å². The van der Waals surface area contributed by atoms with Crippen molar-refractivity contribution in [3.8, 4) is 0 Å². The van der Waals surface area contributed by atoms with Gasteiger partial charge in [-0.05, 0) is 29.7 Å². The predicted molar refractivity (Wildman–Crippen MR) is 94.6 cm³/mol. The van der Waals surface area contributed by atoms with Crippen LogP contribution in [0.3, 0.4) is 0 Å². The average molecular weight is 332 g/mol. The van der Waals surface area contributed by atoms with Gasteiger partial charge < -0.3 is 10.2 Å². The van der Waals surface area contributed by atoms with E-state index in [9.17, 15) is 4.79 Å². The molecule has 122 valence electrons. The first-order chi connectivity index (χ1) is 11.1. The molecule has 1 amide bonds. The van der Waals surface area contributed by atoms with Crippen molar-refractivity contribution in [3.05, 3.63) is 70.2 Å². The van der Waals surface area contributed by atoms with Gasteiger partial charge >= 0.3 is 0 Å². The number of likely N-dealkylation sites (N-methyl/N-ethyl adjacent to an activating group) is 1. The van der Waals surface area contributed by atoms with Crippen molar-refractivity contribution in [2.45, 2.75) is 26.4 Å². The Labute approximate surface area is 143 Å². The highest BCUT2D eigenvalue weighted by Gasteiger charge is 2.10. The SMILES string of the molecule is CCc1ccc(C[NH+](C)CC(=O)NCc2cccc(Cl)c2)cc1. The highest BCUT2D eigenvalue weighted by atomic mass is 35.5. The fourth-order valence-electron chi connectivity index (χ4n) is 2.49. The van der Waals surface area contributed by atoms with Gasteiger partial charge in [-0.25, -0.2) is 0 Å². The second-order valence-electron chi connectivity index (χ2n) is 5.89. The number of halogens is 1. The summed E-state index contributed by atoms with van der Waals surface area (Å²) in [5.74, 6) is 0.0488. The van der Waals surface area contributed by atoms with Crippen molar-refractivity contribution >= 4 is 17.5 Å². The van der Waals surface area contributed by atoms with E-state index >= 15 is 0 Å². The molecule has 0 aliphatic carbocycles. The maximum absolute atomic E-state index is 12.0. The second-order valence-corrected chi connectivity index (χ2v) is 6.32. The first kappa shape index (κ1) is 17.5. The highest BCUT2D eigenvalue weighted by molar-refractivity contribution is 6.30. The summed E-state index contributed by atoms with van der Waals surface area (Å²) in [7, 11) is 2.03. The normalized spacial score (nSPS) is 12.0. The first-order valence-electron chi connectivity index (χ1n) is 7.97. The average Bonchev–Trinajstić information content (AvgIpc) is 2.53. The quantitative estimate of drug-likeness (QED) is 0.801. The van der Waals surface area contributed by atoms with Gasteiger partial charge in [0.25, 0.3) is 5.91 Å². The molecule has 0 aromatic heterocycles. The Bertz CT molecular complexity index is 640. The van der Waals surface area contributed by atoms with Crippen LogP contribution in [0.5, 0.6) is 0 Å². The van der Waals surface area contributed by atoms with Gasteiger partial charge in [-0.2, -0.15) is 0 Å². The van der Waals surface area contributed by atoms with Gasteiger partial charge in [0.1, 0.15) is 6.54 Å². The Balaban J connectivity index is 1.77. The fourth-order valence-corrected chi connectivity index (χ4v) is 2.70. The number of hydrogen-bond donors (Lipinski definition) is 2. The van der Waals surface area contributed by atoms with Crippen LogP contribution in [0.25, 0.3) is 0 Å². The lowest BCUT2D eigenvalue weighted by atomic mass is 10.1. The fraction of sp³-hybridized carbons (Fsp3) is 0.316. The minimum Gasteiger partial charge on any atom is -0.347 e. The number of benzene rings is 2. The summed E-state index contributed by atoms with van der Waals surface area (Å²) in [4.78, 5) is 13.2. The van der Waals surface area contributed by atoms with Crippen LogP contribution in [0.15, 0.2) is 48.5 Å². The molecule has 0 radical (unpaired) electrons. The molecule has 0 bridgehead atoms. The second kappa shape index (κ2) is 8.70. The van der Waals surface area contributed by atoms with Crippen molar-refractivity contribution < 1.29 is 9.69 Å². The zero-order valence-corrected chi connectivity index (χ0v) is 14.5. The Kier molecular flexibility index (Phi) is 6.63. The molecule has 1 unspecified atom stereocenters. The third-order valence-electron chi connectivity index (χ3n) is 3.78. The van der Waals surface area contributed by atoms with Crippen LogP contribution >= 0.6 is 11.6 Å². The largest absolute Gasteiger partial charge is 0.347 e. The third-order valence-corrected chi connectivity index (χ3v) is 4.01. The molecule has 4 heteroatoms. The molecule has 2 rings (SSSR count). The van der Waals surface area contributed by atoms with E-state index in [0.717, 1.165) is 23.4 Å². The molecule has 0 saturated heterocycles. The molecule has 0 heterocycles. The Morgan fingerprint density at radius 1 is 1.09 bits per heavy atom. The molecule has 1 atom stereocenters. The molecule has 0 spiro atoms. The van der Waals surface area contributed by atoms with E-state index in [2.05, 4.69) is 36.5 Å². The Hall–Kier alpha value is -1.84. The molecule has 23 heavy (non-hydrogen) atoms. The van der Waals surface area contributed by atoms with Crippen LogP contribution in [0.1, 0.15) is 23.6 Å². The van der Waals surface area contributed by atoms with E-state index in [1.807, 2.05) is 31.3 Å². The molecule has 0 aliphatic heterocycles. The van der Waals surface area contributed by atoms with Crippen LogP contribution in [0.4, 0.5) is 0 Å². The molecule has 3 nitrogen and oxygen atoms in total. The number of amides is 1. The summed E-state index contributed by atoms with van der Waals surface area (Å²) in [6, 6.07) is 16.1. The highest BCUT2D eigenvalue weighted by Crippen LogP contribution is 2.10. The summed E-state index contributed by atoms with van der Waals surface area (Å²) < 4.78 is 0. The van der Waals surface area contributed by atoms with Crippen molar-refractivity contribution in [2.24, 2.45) is 0 Å². The van der Waals surface area contributed by atoms with E-state index in [0.29, 0.717) is 18.1 Å². The first-order valence-corrected chi connectivity index (χ1v) is 8.35. The Morgan fingerprint density at radius 3 is 2.43 bits per heavy atom. The molecule has 2 aromatic carbocycles. The van der Waals surface area contributed by atoms with Gasteiger partial charge in [0.2, 0.25) is 0 Å². The van der Waals surface area contributed by atoms with Crippen LogP contribution in [0.2, 0.25) is 5.02 Å². The predicted octanol–water partition coefficient (Wildman–Crippen LogP) is 2.23. The number of hydrogen-bond acceptors (Lipinski definition) is 1. The number of carbonyl (C=O) groups excluding carboxylic acids is 1. The maximum atomic E-state index is 12.0. The number of carbonyl (C=O) groups is 1.